The first-order chi connectivity index (χ1) is 10.1. The molecule has 6 nitrogen and oxygen atoms in total. The van der Waals surface area contributed by atoms with Crippen LogP contribution in [0.4, 0.5) is 4.79 Å². The molecule has 0 radical (unpaired) electrons. The van der Waals surface area contributed by atoms with Gasteiger partial charge in [-0.2, -0.15) is 0 Å². The molecule has 6 heteroatoms. The Kier molecular flexibility index (Phi) is 3.26. The highest BCUT2D eigenvalue weighted by Crippen LogP contribution is 2.77. The second kappa shape index (κ2) is 4.60. The largest absolute Gasteiger partial charge is 0.444 e. The molecule has 0 N–H and O–H groups in total. The van der Waals surface area contributed by atoms with Gasteiger partial charge < -0.3 is 9.64 Å². The Morgan fingerprint density at radius 2 is 1.73 bits per heavy atom. The summed E-state index contributed by atoms with van der Waals surface area (Å²) in [6, 6.07) is 0. The van der Waals surface area contributed by atoms with Gasteiger partial charge in [0.1, 0.15) is 5.60 Å². The summed E-state index contributed by atoms with van der Waals surface area (Å²) in [4.78, 5) is 31.0. The quantitative estimate of drug-likeness (QED) is 0.749. The molecule has 0 aromatic rings. The third-order valence-electron chi connectivity index (χ3n) is 5.48. The molecule has 4 fully saturated rings. The summed E-state index contributed by atoms with van der Waals surface area (Å²) in [5.41, 5.74) is -0.348. The summed E-state index contributed by atoms with van der Waals surface area (Å²) >= 11 is 0. The van der Waals surface area contributed by atoms with Gasteiger partial charge in [-0.05, 0) is 45.4 Å². The minimum absolute atomic E-state index is 0.0974. The van der Waals surface area contributed by atoms with Gasteiger partial charge in [-0.25, -0.2) is 9.86 Å². The molecule has 124 valence electrons. The Morgan fingerprint density at radius 3 is 2.18 bits per heavy atom. The Balaban J connectivity index is 1.47. The molecule has 1 heterocycles. The van der Waals surface area contributed by atoms with Crippen LogP contribution in [0.15, 0.2) is 0 Å². The number of nitrogens with zero attached hydrogens (tertiary/aromatic N) is 2. The number of rotatable bonds is 3. The van der Waals surface area contributed by atoms with E-state index in [0.29, 0.717) is 5.92 Å². The summed E-state index contributed by atoms with van der Waals surface area (Å²) in [5.74, 6) is 0.614. The van der Waals surface area contributed by atoms with Crippen LogP contribution in [-0.4, -0.2) is 54.8 Å². The molecule has 0 unspecified atom stereocenters. The molecular weight excluding hydrogens is 284 g/mol. The van der Waals surface area contributed by atoms with Crippen LogP contribution in [0.25, 0.3) is 0 Å². The first kappa shape index (κ1) is 15.6. The number of carbonyl (C=O) groups is 2. The van der Waals surface area contributed by atoms with Crippen LogP contribution in [0.1, 0.15) is 40.0 Å². The molecule has 4 rings (SSSR count). The van der Waals surface area contributed by atoms with Crippen molar-refractivity contribution in [2.75, 3.05) is 27.2 Å². The Hall–Kier alpha value is -1.30. The molecule has 0 aromatic heterocycles. The van der Waals surface area contributed by atoms with Crippen LogP contribution >= 0.6 is 0 Å². The lowest BCUT2D eigenvalue weighted by atomic mass is 9.31. The van der Waals surface area contributed by atoms with Crippen LogP contribution in [-0.2, 0) is 14.4 Å². The Labute approximate surface area is 131 Å². The first-order valence-corrected chi connectivity index (χ1v) is 7.91. The van der Waals surface area contributed by atoms with Crippen molar-refractivity contribution in [1.29, 1.82) is 0 Å². The summed E-state index contributed by atoms with van der Waals surface area (Å²) in [6.45, 7) is 7.17. The van der Waals surface area contributed by atoms with E-state index in [1.165, 1.54) is 12.2 Å². The minimum Gasteiger partial charge on any atom is -0.444 e. The van der Waals surface area contributed by atoms with Crippen LogP contribution in [0.2, 0.25) is 0 Å². The third-order valence-corrected chi connectivity index (χ3v) is 5.48. The van der Waals surface area contributed by atoms with E-state index in [4.69, 9.17) is 9.57 Å². The minimum atomic E-state index is -0.445. The molecule has 2 amide bonds. The fourth-order valence-corrected chi connectivity index (χ4v) is 4.28. The van der Waals surface area contributed by atoms with Gasteiger partial charge in [-0.15, -0.1) is 0 Å². The lowest BCUT2D eigenvalue weighted by molar-refractivity contribution is -0.267. The molecule has 1 aliphatic heterocycles. The normalized spacial score (nSPS) is 33.4. The fraction of sp³-hybridized carbons (Fsp3) is 0.875. The molecule has 1 saturated heterocycles. The molecular formula is C16H26N2O4. The van der Waals surface area contributed by atoms with E-state index in [9.17, 15) is 9.59 Å². The van der Waals surface area contributed by atoms with Gasteiger partial charge in [0.25, 0.3) is 5.91 Å². The molecule has 3 aliphatic carbocycles. The Bertz CT molecular complexity index is 485. The van der Waals surface area contributed by atoms with Crippen molar-refractivity contribution in [3.63, 3.8) is 0 Å². The molecule has 0 spiro atoms. The van der Waals surface area contributed by atoms with E-state index >= 15 is 0 Å². The van der Waals surface area contributed by atoms with E-state index in [1.54, 1.807) is 11.9 Å². The summed E-state index contributed by atoms with van der Waals surface area (Å²) in [5, 5.41) is 1.34. The van der Waals surface area contributed by atoms with Crippen LogP contribution in [0.3, 0.4) is 0 Å². The van der Waals surface area contributed by atoms with E-state index in [0.717, 1.165) is 32.4 Å². The number of carbonyl (C=O) groups excluding carboxylic acids is 2. The van der Waals surface area contributed by atoms with Gasteiger partial charge in [0, 0.05) is 26.1 Å². The standard InChI is InChI=1S/C16H26N2O4/c1-14(2,3)22-13(20)18-6-11(7-18)15-8-16(9-15,10-15)12(19)17(4)21-5/h11H,6-10H2,1-5H3. The van der Waals surface area contributed by atoms with Crippen molar-refractivity contribution in [3.05, 3.63) is 0 Å². The highest BCUT2D eigenvalue weighted by molar-refractivity contribution is 5.85. The predicted octanol–water partition coefficient (Wildman–Crippen LogP) is 2.04. The van der Waals surface area contributed by atoms with E-state index < -0.39 is 5.60 Å². The van der Waals surface area contributed by atoms with Crippen molar-refractivity contribution in [1.82, 2.24) is 9.96 Å². The topological polar surface area (TPSA) is 59.1 Å². The van der Waals surface area contributed by atoms with Gasteiger partial charge in [-0.1, -0.05) is 0 Å². The fourth-order valence-electron chi connectivity index (χ4n) is 4.28. The molecule has 0 aromatic carbocycles. The van der Waals surface area contributed by atoms with Gasteiger partial charge in [-0.3, -0.25) is 9.63 Å². The molecule has 4 aliphatic rings. The zero-order chi connectivity index (χ0) is 16.3. The smallest absolute Gasteiger partial charge is 0.410 e. The van der Waals surface area contributed by atoms with Crippen LogP contribution < -0.4 is 0 Å². The van der Waals surface area contributed by atoms with Gasteiger partial charge in [0.2, 0.25) is 0 Å². The average Bonchev–Trinajstić information content (AvgIpc) is 2.24. The molecule has 0 atom stereocenters. The maximum Gasteiger partial charge on any atom is 0.410 e. The molecule has 3 saturated carbocycles. The average molecular weight is 310 g/mol. The maximum atomic E-state index is 12.2. The van der Waals surface area contributed by atoms with Gasteiger partial charge in [0.15, 0.2) is 0 Å². The maximum absolute atomic E-state index is 12.2. The van der Waals surface area contributed by atoms with Crippen molar-refractivity contribution in [2.24, 2.45) is 16.7 Å². The Morgan fingerprint density at radius 1 is 1.18 bits per heavy atom. The second-order valence-corrected chi connectivity index (χ2v) is 8.24. The van der Waals surface area contributed by atoms with E-state index in [1.807, 2.05) is 20.8 Å². The summed E-state index contributed by atoms with van der Waals surface area (Å²) in [7, 11) is 3.19. The first-order valence-electron chi connectivity index (χ1n) is 7.91. The number of hydrogen-bond donors (Lipinski definition) is 0. The van der Waals surface area contributed by atoms with Gasteiger partial charge in [0.05, 0.1) is 12.5 Å². The molecule has 2 bridgehead atoms. The van der Waals surface area contributed by atoms with E-state index in [-0.39, 0.29) is 22.8 Å². The zero-order valence-corrected chi connectivity index (χ0v) is 14.1. The zero-order valence-electron chi connectivity index (χ0n) is 14.1. The van der Waals surface area contributed by atoms with Gasteiger partial charge >= 0.3 is 6.09 Å². The predicted molar refractivity (Wildman–Crippen MR) is 79.8 cm³/mol. The number of amides is 2. The summed E-state index contributed by atoms with van der Waals surface area (Å²) < 4.78 is 5.38. The van der Waals surface area contributed by atoms with E-state index in [2.05, 4.69) is 0 Å². The van der Waals surface area contributed by atoms with Crippen LogP contribution in [0, 0.1) is 16.7 Å². The van der Waals surface area contributed by atoms with Crippen molar-refractivity contribution in [3.8, 4) is 0 Å². The molecule has 22 heavy (non-hydrogen) atoms. The lowest BCUT2D eigenvalue weighted by Crippen LogP contribution is -2.74. The second-order valence-electron chi connectivity index (χ2n) is 8.24. The van der Waals surface area contributed by atoms with Crippen molar-refractivity contribution < 1.29 is 19.2 Å². The van der Waals surface area contributed by atoms with Crippen LogP contribution in [0.5, 0.6) is 0 Å². The van der Waals surface area contributed by atoms with Crippen molar-refractivity contribution in [2.45, 2.75) is 45.6 Å². The number of hydroxylamine groups is 2. The highest BCUT2D eigenvalue weighted by Gasteiger charge is 2.75. The SMILES string of the molecule is CON(C)C(=O)C12CC(C3CN(C(=O)OC(C)(C)C)C3)(C1)C2. The number of ether oxygens (including phenoxy) is 1. The lowest BCUT2D eigenvalue weighted by Gasteiger charge is -2.74. The summed E-state index contributed by atoms with van der Waals surface area (Å²) in [6.07, 6.45) is 2.61. The number of likely N-dealkylation sites (tertiary alicyclic amines) is 1. The monoisotopic (exact) mass is 310 g/mol. The third kappa shape index (κ3) is 2.19. The highest BCUT2D eigenvalue weighted by atomic mass is 16.7. The number of hydrogen-bond acceptors (Lipinski definition) is 4. The van der Waals surface area contributed by atoms with Crippen molar-refractivity contribution >= 4 is 12.0 Å².